The summed E-state index contributed by atoms with van der Waals surface area (Å²) in [6.45, 7) is 2.12. The molecule has 1 saturated carbocycles. The van der Waals surface area contributed by atoms with Gasteiger partial charge < -0.3 is 0 Å². The van der Waals surface area contributed by atoms with Gasteiger partial charge in [0.15, 0.2) is 0 Å². The van der Waals surface area contributed by atoms with Crippen molar-refractivity contribution in [2.75, 3.05) is 0 Å². The quantitative estimate of drug-likeness (QED) is 0.640. The molecule has 0 aromatic heterocycles. The first-order chi connectivity index (χ1) is 7.29. The summed E-state index contributed by atoms with van der Waals surface area (Å²) < 4.78 is 0. The summed E-state index contributed by atoms with van der Waals surface area (Å²) in [5.41, 5.74) is 1.43. The molecule has 84 valence electrons. The van der Waals surface area contributed by atoms with E-state index in [1.807, 2.05) is 0 Å². The largest absolute Gasteiger partial charge is 0.299 e. The van der Waals surface area contributed by atoms with E-state index in [0.29, 0.717) is 11.7 Å². The fourth-order valence-corrected chi connectivity index (χ4v) is 3.00. The van der Waals surface area contributed by atoms with Crippen LogP contribution in [0.1, 0.15) is 58.3 Å². The lowest BCUT2D eigenvalue weighted by Crippen LogP contribution is -2.21. The van der Waals surface area contributed by atoms with Crippen LogP contribution in [0.5, 0.6) is 0 Å². The van der Waals surface area contributed by atoms with Crippen molar-refractivity contribution in [1.29, 1.82) is 0 Å². The molecule has 0 spiro atoms. The van der Waals surface area contributed by atoms with Crippen molar-refractivity contribution in [3.63, 3.8) is 0 Å². The highest BCUT2D eigenvalue weighted by molar-refractivity contribution is 5.85. The van der Waals surface area contributed by atoms with E-state index < -0.39 is 0 Å². The summed E-state index contributed by atoms with van der Waals surface area (Å²) in [6, 6.07) is 0. The first kappa shape index (κ1) is 10.9. The van der Waals surface area contributed by atoms with Gasteiger partial charge in [-0.1, -0.05) is 31.4 Å². The van der Waals surface area contributed by atoms with Crippen molar-refractivity contribution in [1.82, 2.24) is 0 Å². The van der Waals surface area contributed by atoms with Crippen LogP contribution in [0.2, 0.25) is 0 Å². The van der Waals surface area contributed by atoms with Crippen LogP contribution >= 0.6 is 0 Å². The molecule has 0 N–H and O–H groups in total. The second-order valence-corrected chi connectivity index (χ2v) is 5.13. The number of carbonyl (C=O) groups is 1. The van der Waals surface area contributed by atoms with Gasteiger partial charge in [-0.15, -0.1) is 0 Å². The van der Waals surface area contributed by atoms with E-state index in [4.69, 9.17) is 0 Å². The van der Waals surface area contributed by atoms with E-state index in [2.05, 4.69) is 13.0 Å². The topological polar surface area (TPSA) is 17.1 Å². The van der Waals surface area contributed by atoms with Crippen LogP contribution < -0.4 is 0 Å². The maximum Gasteiger partial charge on any atom is 0.142 e. The zero-order valence-corrected chi connectivity index (χ0v) is 9.80. The minimum absolute atomic E-state index is 0.216. The zero-order valence-electron chi connectivity index (χ0n) is 9.80. The second kappa shape index (κ2) is 4.96. The summed E-state index contributed by atoms with van der Waals surface area (Å²) >= 11 is 0. The van der Waals surface area contributed by atoms with Crippen LogP contribution in [0.25, 0.3) is 0 Å². The van der Waals surface area contributed by atoms with Crippen molar-refractivity contribution in [2.24, 2.45) is 11.8 Å². The molecule has 1 atom stereocenters. The van der Waals surface area contributed by atoms with Gasteiger partial charge in [0.05, 0.1) is 0 Å². The lowest BCUT2D eigenvalue weighted by molar-refractivity contribution is -0.125. The van der Waals surface area contributed by atoms with Gasteiger partial charge in [-0.25, -0.2) is 0 Å². The molecular formula is C14H22O. The van der Waals surface area contributed by atoms with Gasteiger partial charge >= 0.3 is 0 Å². The third-order valence-corrected chi connectivity index (χ3v) is 4.07. The summed E-state index contributed by atoms with van der Waals surface area (Å²) in [6.07, 6.45) is 12.1. The van der Waals surface area contributed by atoms with E-state index in [0.717, 1.165) is 12.8 Å². The van der Waals surface area contributed by atoms with Crippen molar-refractivity contribution < 1.29 is 4.79 Å². The molecule has 0 radical (unpaired) electrons. The Morgan fingerprint density at radius 3 is 2.60 bits per heavy atom. The number of Topliss-reactive ketones (excluding diaryl/α,β-unsaturated/α-hetero) is 1. The van der Waals surface area contributed by atoms with Crippen molar-refractivity contribution in [3.8, 4) is 0 Å². The van der Waals surface area contributed by atoms with Gasteiger partial charge in [-0.3, -0.25) is 4.79 Å². The maximum atomic E-state index is 12.2. The molecule has 2 aliphatic carbocycles. The van der Waals surface area contributed by atoms with Gasteiger partial charge in [0, 0.05) is 11.8 Å². The lowest BCUT2D eigenvalue weighted by Gasteiger charge is -2.21. The number of allylic oxidation sites excluding steroid dienone is 2. The van der Waals surface area contributed by atoms with Crippen LogP contribution in [-0.4, -0.2) is 5.78 Å². The Balaban J connectivity index is 1.96. The van der Waals surface area contributed by atoms with Crippen LogP contribution in [-0.2, 0) is 4.79 Å². The van der Waals surface area contributed by atoms with E-state index in [-0.39, 0.29) is 5.92 Å². The molecule has 1 heteroatoms. The van der Waals surface area contributed by atoms with E-state index in [1.54, 1.807) is 0 Å². The molecule has 0 amide bonds. The Morgan fingerprint density at radius 1 is 1.27 bits per heavy atom. The first-order valence-corrected chi connectivity index (χ1v) is 6.51. The van der Waals surface area contributed by atoms with Gasteiger partial charge in [-0.2, -0.15) is 0 Å². The smallest absolute Gasteiger partial charge is 0.142 e. The van der Waals surface area contributed by atoms with Gasteiger partial charge in [0.25, 0.3) is 0 Å². The van der Waals surface area contributed by atoms with Crippen LogP contribution in [0, 0.1) is 11.8 Å². The highest BCUT2D eigenvalue weighted by Crippen LogP contribution is 2.32. The third-order valence-electron chi connectivity index (χ3n) is 4.07. The monoisotopic (exact) mass is 206 g/mol. The predicted octanol–water partition coefficient (Wildman–Crippen LogP) is 3.88. The summed E-state index contributed by atoms with van der Waals surface area (Å²) in [5, 5.41) is 0. The van der Waals surface area contributed by atoms with Crippen molar-refractivity contribution >= 4 is 5.78 Å². The maximum absolute atomic E-state index is 12.2. The highest BCUT2D eigenvalue weighted by atomic mass is 16.1. The molecule has 2 rings (SSSR count). The fourth-order valence-electron chi connectivity index (χ4n) is 3.00. The fraction of sp³-hybridized carbons (Fsp3) is 0.786. The summed E-state index contributed by atoms with van der Waals surface area (Å²) in [5.74, 6) is 1.14. The molecule has 0 aromatic carbocycles. The SMILES string of the molecule is CC(C(=O)C1CCCC1)C1=CCCCC1. The molecular weight excluding hydrogens is 184 g/mol. The van der Waals surface area contributed by atoms with Crippen molar-refractivity contribution in [2.45, 2.75) is 58.3 Å². The number of hydrogen-bond acceptors (Lipinski definition) is 1. The number of rotatable bonds is 3. The molecule has 1 fully saturated rings. The second-order valence-electron chi connectivity index (χ2n) is 5.13. The standard InChI is InChI=1S/C14H22O/c1-11(12-7-3-2-4-8-12)14(15)13-9-5-6-10-13/h7,11,13H,2-6,8-10H2,1H3. The Hall–Kier alpha value is -0.590. The third kappa shape index (κ3) is 2.50. The minimum Gasteiger partial charge on any atom is -0.299 e. The number of carbonyl (C=O) groups excluding carboxylic acids is 1. The first-order valence-electron chi connectivity index (χ1n) is 6.51. The van der Waals surface area contributed by atoms with Crippen LogP contribution in [0.4, 0.5) is 0 Å². The van der Waals surface area contributed by atoms with E-state index >= 15 is 0 Å². The van der Waals surface area contributed by atoms with E-state index in [1.165, 1.54) is 44.1 Å². The molecule has 15 heavy (non-hydrogen) atoms. The Kier molecular flexibility index (Phi) is 3.61. The molecule has 0 bridgehead atoms. The van der Waals surface area contributed by atoms with Gasteiger partial charge in [-0.05, 0) is 38.5 Å². The molecule has 0 saturated heterocycles. The zero-order chi connectivity index (χ0) is 10.7. The summed E-state index contributed by atoms with van der Waals surface area (Å²) in [4.78, 5) is 12.2. The molecule has 0 aliphatic heterocycles. The number of hydrogen-bond donors (Lipinski definition) is 0. The average molecular weight is 206 g/mol. The van der Waals surface area contributed by atoms with Crippen LogP contribution in [0.3, 0.4) is 0 Å². The van der Waals surface area contributed by atoms with E-state index in [9.17, 15) is 4.79 Å². The summed E-state index contributed by atoms with van der Waals surface area (Å²) in [7, 11) is 0. The Morgan fingerprint density at radius 2 is 2.00 bits per heavy atom. The minimum atomic E-state index is 0.216. The number of ketones is 1. The van der Waals surface area contributed by atoms with Crippen molar-refractivity contribution in [3.05, 3.63) is 11.6 Å². The normalized spacial score (nSPS) is 25.0. The molecule has 0 heterocycles. The highest BCUT2D eigenvalue weighted by Gasteiger charge is 2.28. The average Bonchev–Trinajstić information content (AvgIpc) is 2.82. The van der Waals surface area contributed by atoms with Gasteiger partial charge in [0.2, 0.25) is 0 Å². The van der Waals surface area contributed by atoms with Crippen LogP contribution in [0.15, 0.2) is 11.6 Å². The molecule has 1 unspecified atom stereocenters. The molecule has 0 aromatic rings. The predicted molar refractivity (Wildman–Crippen MR) is 62.7 cm³/mol. The Bertz CT molecular complexity index is 259. The van der Waals surface area contributed by atoms with Gasteiger partial charge in [0.1, 0.15) is 5.78 Å². The Labute approximate surface area is 92.9 Å². The lowest BCUT2D eigenvalue weighted by atomic mass is 9.83. The molecule has 1 nitrogen and oxygen atoms in total. The molecule has 2 aliphatic rings.